The summed E-state index contributed by atoms with van der Waals surface area (Å²) in [7, 11) is 0. The number of hydrogen-bond acceptors (Lipinski definition) is 4. The van der Waals surface area contributed by atoms with Gasteiger partial charge in [-0.3, -0.25) is 19.3 Å². The van der Waals surface area contributed by atoms with Crippen molar-refractivity contribution < 1.29 is 24.3 Å². The number of carboxylic acids is 1. The minimum absolute atomic E-state index is 0.0325. The van der Waals surface area contributed by atoms with E-state index in [1.807, 2.05) is 84.9 Å². The maximum Gasteiger partial charge on any atom is 0.328 e. The zero-order valence-corrected chi connectivity index (χ0v) is 22.3. The number of hydrogen-bond donors (Lipinski definition) is 3. The lowest BCUT2D eigenvalue weighted by Gasteiger charge is -2.46. The van der Waals surface area contributed by atoms with Gasteiger partial charge in [-0.1, -0.05) is 78.9 Å². The average Bonchev–Trinajstić information content (AvgIpc) is 3.34. The Balaban J connectivity index is 1.35. The summed E-state index contributed by atoms with van der Waals surface area (Å²) < 4.78 is 0. The van der Waals surface area contributed by atoms with Crippen LogP contribution in [0, 0.1) is 0 Å². The Morgan fingerprint density at radius 1 is 0.902 bits per heavy atom. The summed E-state index contributed by atoms with van der Waals surface area (Å²) in [5.74, 6) is -1.77. The summed E-state index contributed by atoms with van der Waals surface area (Å²) in [4.78, 5) is 59.2. The topological polar surface area (TPSA) is 123 Å². The minimum atomic E-state index is -1.03. The van der Waals surface area contributed by atoms with Crippen molar-refractivity contribution in [3.05, 3.63) is 107 Å². The van der Waals surface area contributed by atoms with Gasteiger partial charge < -0.3 is 20.3 Å². The lowest BCUT2D eigenvalue weighted by Crippen LogP contribution is -2.62. The van der Waals surface area contributed by atoms with Gasteiger partial charge in [-0.15, -0.1) is 0 Å². The molecule has 3 heterocycles. The summed E-state index contributed by atoms with van der Waals surface area (Å²) >= 11 is 0. The van der Waals surface area contributed by atoms with E-state index >= 15 is 0 Å². The summed E-state index contributed by atoms with van der Waals surface area (Å²) in [5.41, 5.74) is 4.24. The largest absolute Gasteiger partial charge is 0.481 e. The maximum absolute atomic E-state index is 14.0. The van der Waals surface area contributed by atoms with E-state index in [0.717, 1.165) is 33.3 Å². The Bertz CT molecular complexity index is 1620. The molecule has 1 aromatic heterocycles. The maximum atomic E-state index is 14.0. The molecule has 3 aromatic carbocycles. The Morgan fingerprint density at radius 2 is 1.56 bits per heavy atom. The summed E-state index contributed by atoms with van der Waals surface area (Å²) in [6.45, 7) is 0.102. The number of carbonyl (C=O) groups excluding carboxylic acids is 3. The van der Waals surface area contributed by atoms with Crippen LogP contribution in [0.15, 0.2) is 84.9 Å². The van der Waals surface area contributed by atoms with E-state index in [1.54, 1.807) is 0 Å². The van der Waals surface area contributed by atoms with Crippen LogP contribution in [0.5, 0.6) is 0 Å². The summed E-state index contributed by atoms with van der Waals surface area (Å²) in [5, 5.41) is 13.5. The van der Waals surface area contributed by atoms with Crippen molar-refractivity contribution >= 4 is 34.7 Å². The van der Waals surface area contributed by atoms with E-state index in [2.05, 4.69) is 10.3 Å². The number of carboxylic acid groups (broad SMARTS) is 1. The first-order chi connectivity index (χ1) is 19.9. The molecule has 0 unspecified atom stereocenters. The number of carbonyl (C=O) groups is 4. The predicted molar refractivity (Wildman–Crippen MR) is 152 cm³/mol. The van der Waals surface area contributed by atoms with Gasteiger partial charge in [-0.05, 0) is 29.2 Å². The molecule has 9 heteroatoms. The van der Waals surface area contributed by atoms with Crippen LogP contribution in [-0.2, 0) is 33.8 Å². The van der Waals surface area contributed by atoms with Gasteiger partial charge in [0.25, 0.3) is 0 Å². The molecule has 0 bridgehead atoms. The quantitative estimate of drug-likeness (QED) is 0.304. The van der Waals surface area contributed by atoms with Gasteiger partial charge in [0, 0.05) is 29.1 Å². The van der Waals surface area contributed by atoms with E-state index in [0.29, 0.717) is 6.42 Å². The van der Waals surface area contributed by atoms with Crippen molar-refractivity contribution in [3.63, 3.8) is 0 Å². The first-order valence-corrected chi connectivity index (χ1v) is 13.7. The number of nitrogens with zero attached hydrogens (tertiary/aromatic N) is 2. The molecule has 41 heavy (non-hydrogen) atoms. The number of aliphatic carboxylic acids is 1. The number of amides is 4. The Morgan fingerprint density at radius 3 is 2.27 bits per heavy atom. The third-order valence-electron chi connectivity index (χ3n) is 7.95. The van der Waals surface area contributed by atoms with Crippen molar-refractivity contribution in [3.8, 4) is 0 Å². The molecule has 0 aliphatic carbocycles. The molecule has 2 aliphatic heterocycles. The van der Waals surface area contributed by atoms with E-state index in [4.69, 9.17) is 0 Å². The number of aromatic amines is 1. The smallest absolute Gasteiger partial charge is 0.328 e. The highest BCUT2D eigenvalue weighted by Crippen LogP contribution is 2.42. The Kier molecular flexibility index (Phi) is 7.01. The van der Waals surface area contributed by atoms with Crippen LogP contribution in [0.1, 0.15) is 41.3 Å². The van der Waals surface area contributed by atoms with Gasteiger partial charge in [-0.2, -0.15) is 0 Å². The van der Waals surface area contributed by atoms with Crippen LogP contribution < -0.4 is 5.32 Å². The number of benzene rings is 3. The molecular weight excluding hydrogens is 520 g/mol. The molecule has 0 spiro atoms. The number of rotatable bonds is 8. The van der Waals surface area contributed by atoms with Gasteiger partial charge in [-0.25, -0.2) is 4.79 Å². The number of aromatic nitrogens is 1. The molecule has 4 aromatic rings. The SMILES string of the molecule is O=C(O)C[C@@H](Cc1ccccc1)NC(=O)[C@@H]1Cc2c([nH]c3ccccc23)[C@H]2CC(=O)N(Cc3ccccc3)C(=O)N21. The molecule has 0 saturated carbocycles. The molecule has 3 N–H and O–H groups in total. The van der Waals surface area contributed by atoms with Gasteiger partial charge in [0.2, 0.25) is 11.8 Å². The standard InChI is InChI=1S/C32H30N4O5/c37-28-18-26-30-24(23-13-7-8-14-25(23)34-30)17-27(36(26)32(41)35(28)19-21-11-5-2-6-12-21)31(40)33-22(16-29(38)39)15-20-9-3-1-4-10-20/h1-14,22,26-27,34H,15-19H2,(H,33,40)(H,38,39)/t22-,26-,27+/m1/s1. The van der Waals surface area contributed by atoms with Crippen molar-refractivity contribution in [1.82, 2.24) is 20.1 Å². The van der Waals surface area contributed by atoms with Crippen LogP contribution in [0.3, 0.4) is 0 Å². The molecule has 1 fully saturated rings. The van der Waals surface area contributed by atoms with Crippen molar-refractivity contribution in [1.29, 1.82) is 0 Å². The van der Waals surface area contributed by atoms with Crippen molar-refractivity contribution in [2.75, 3.05) is 0 Å². The van der Waals surface area contributed by atoms with Crippen LogP contribution in [-0.4, -0.2) is 55.8 Å². The van der Waals surface area contributed by atoms with Gasteiger partial charge >= 0.3 is 12.0 Å². The molecule has 6 rings (SSSR count). The highest BCUT2D eigenvalue weighted by molar-refractivity contribution is 6.01. The van der Waals surface area contributed by atoms with Gasteiger partial charge in [0.05, 0.1) is 25.4 Å². The van der Waals surface area contributed by atoms with Crippen LogP contribution >= 0.6 is 0 Å². The Hall–Kier alpha value is -4.92. The molecule has 3 atom stereocenters. The zero-order valence-electron chi connectivity index (χ0n) is 22.3. The highest BCUT2D eigenvalue weighted by Gasteiger charge is 2.49. The van der Waals surface area contributed by atoms with E-state index < -0.39 is 36.0 Å². The van der Waals surface area contributed by atoms with Crippen LogP contribution in [0.4, 0.5) is 4.79 Å². The van der Waals surface area contributed by atoms with Gasteiger partial charge in [0.1, 0.15) is 6.04 Å². The monoisotopic (exact) mass is 550 g/mol. The third kappa shape index (κ3) is 5.18. The molecule has 4 amide bonds. The van der Waals surface area contributed by atoms with E-state index in [-0.39, 0.29) is 31.7 Å². The van der Waals surface area contributed by atoms with Crippen LogP contribution in [0.25, 0.3) is 10.9 Å². The molecular formula is C32H30N4O5. The second-order valence-corrected chi connectivity index (χ2v) is 10.7. The molecule has 9 nitrogen and oxygen atoms in total. The molecule has 208 valence electrons. The fraction of sp³-hybridized carbons (Fsp3) is 0.250. The number of H-pyrrole nitrogens is 1. The number of imide groups is 1. The normalized spacial score (nSPS) is 19.0. The number of para-hydroxylation sites is 1. The Labute approximate surface area is 236 Å². The average molecular weight is 551 g/mol. The number of nitrogens with one attached hydrogen (secondary N) is 2. The van der Waals surface area contributed by atoms with Crippen molar-refractivity contribution in [2.24, 2.45) is 0 Å². The lowest BCUT2D eigenvalue weighted by molar-refractivity contribution is -0.140. The van der Waals surface area contributed by atoms with Gasteiger partial charge in [0.15, 0.2) is 0 Å². The third-order valence-corrected chi connectivity index (χ3v) is 7.95. The second kappa shape index (κ2) is 10.9. The molecule has 0 radical (unpaired) electrons. The fourth-order valence-corrected chi connectivity index (χ4v) is 6.08. The predicted octanol–water partition coefficient (Wildman–Crippen LogP) is 4.19. The summed E-state index contributed by atoms with van der Waals surface area (Å²) in [6.07, 6.45) is 0.346. The minimum Gasteiger partial charge on any atom is -0.481 e. The number of urea groups is 1. The van der Waals surface area contributed by atoms with E-state index in [1.165, 1.54) is 9.80 Å². The first-order valence-electron chi connectivity index (χ1n) is 13.7. The lowest BCUT2D eigenvalue weighted by atomic mass is 9.88. The zero-order chi connectivity index (χ0) is 28.5. The first kappa shape index (κ1) is 26.3. The van der Waals surface area contributed by atoms with Crippen molar-refractivity contribution in [2.45, 2.75) is 50.4 Å². The molecule has 1 saturated heterocycles. The fourth-order valence-electron chi connectivity index (χ4n) is 6.08. The molecule has 2 aliphatic rings. The van der Waals surface area contributed by atoms with Crippen LogP contribution in [0.2, 0.25) is 0 Å². The summed E-state index contributed by atoms with van der Waals surface area (Å²) in [6, 6.07) is 23.6. The number of fused-ring (bicyclic) bond motifs is 5. The highest BCUT2D eigenvalue weighted by atomic mass is 16.4. The van der Waals surface area contributed by atoms with E-state index in [9.17, 15) is 24.3 Å². The second-order valence-electron chi connectivity index (χ2n) is 10.7.